The molecule has 0 saturated heterocycles. The molecule has 2 aromatic rings. The van der Waals surface area contributed by atoms with Gasteiger partial charge in [0.1, 0.15) is 6.54 Å². The predicted molar refractivity (Wildman–Crippen MR) is 96.2 cm³/mol. The molecule has 2 aliphatic heterocycles. The molecular weight excluding hydrogens is 312 g/mol. The summed E-state index contributed by atoms with van der Waals surface area (Å²) in [6.45, 7) is 3.50. The molecule has 1 atom stereocenters. The van der Waals surface area contributed by atoms with E-state index in [-0.39, 0.29) is 24.4 Å². The third kappa shape index (κ3) is 2.93. The highest BCUT2D eigenvalue weighted by atomic mass is 16.2. The first-order valence-corrected chi connectivity index (χ1v) is 8.87. The summed E-state index contributed by atoms with van der Waals surface area (Å²) in [6, 6.07) is 16.2. The Hall–Kier alpha value is -2.62. The molecule has 4 heteroatoms. The van der Waals surface area contributed by atoms with E-state index < -0.39 is 0 Å². The SMILES string of the molecule is CC1Cc2ccccc2CCN1C(=O)CN1Cc2ccccc2C1=O. The quantitative estimate of drug-likeness (QED) is 0.847. The van der Waals surface area contributed by atoms with Crippen molar-refractivity contribution in [1.29, 1.82) is 0 Å². The Kier molecular flexibility index (Phi) is 4.04. The average Bonchev–Trinajstić information content (AvgIpc) is 2.82. The molecule has 1 unspecified atom stereocenters. The van der Waals surface area contributed by atoms with Crippen molar-refractivity contribution in [2.75, 3.05) is 13.1 Å². The lowest BCUT2D eigenvalue weighted by atomic mass is 10.0. The molecule has 0 aromatic heterocycles. The number of hydrogen-bond acceptors (Lipinski definition) is 2. The first kappa shape index (κ1) is 15.9. The number of carbonyl (C=O) groups excluding carboxylic acids is 2. The molecule has 0 N–H and O–H groups in total. The van der Waals surface area contributed by atoms with Crippen molar-refractivity contribution in [3.8, 4) is 0 Å². The van der Waals surface area contributed by atoms with E-state index in [9.17, 15) is 9.59 Å². The van der Waals surface area contributed by atoms with Crippen LogP contribution in [0.4, 0.5) is 0 Å². The summed E-state index contributed by atoms with van der Waals surface area (Å²) in [7, 11) is 0. The molecule has 2 heterocycles. The lowest BCUT2D eigenvalue weighted by Gasteiger charge is -2.29. The van der Waals surface area contributed by atoms with Crippen LogP contribution in [0.1, 0.15) is 34.0 Å². The van der Waals surface area contributed by atoms with Gasteiger partial charge >= 0.3 is 0 Å². The summed E-state index contributed by atoms with van der Waals surface area (Å²) in [5, 5.41) is 0. The molecule has 0 aliphatic carbocycles. The first-order valence-electron chi connectivity index (χ1n) is 8.87. The molecule has 2 aliphatic rings. The van der Waals surface area contributed by atoms with Gasteiger partial charge in [-0.25, -0.2) is 0 Å². The zero-order chi connectivity index (χ0) is 17.4. The van der Waals surface area contributed by atoms with Gasteiger partial charge in [0.05, 0.1) is 0 Å². The minimum atomic E-state index is -0.0327. The fourth-order valence-corrected chi connectivity index (χ4v) is 3.96. The van der Waals surface area contributed by atoms with E-state index >= 15 is 0 Å². The number of nitrogens with zero attached hydrogens (tertiary/aromatic N) is 2. The lowest BCUT2D eigenvalue weighted by molar-refractivity contribution is -0.133. The van der Waals surface area contributed by atoms with Gasteiger partial charge in [-0.05, 0) is 42.5 Å². The van der Waals surface area contributed by atoms with Gasteiger partial charge in [0, 0.05) is 24.7 Å². The fourth-order valence-electron chi connectivity index (χ4n) is 3.96. The number of hydrogen-bond donors (Lipinski definition) is 0. The van der Waals surface area contributed by atoms with Crippen LogP contribution in [0.2, 0.25) is 0 Å². The summed E-state index contributed by atoms with van der Waals surface area (Å²) in [4.78, 5) is 29.0. The van der Waals surface area contributed by atoms with Gasteiger partial charge in [0.2, 0.25) is 5.91 Å². The molecule has 0 radical (unpaired) electrons. The molecule has 0 spiro atoms. The summed E-state index contributed by atoms with van der Waals surface area (Å²) in [5.74, 6) is 0.0103. The van der Waals surface area contributed by atoms with Crippen LogP contribution in [0, 0.1) is 0 Å². The second-order valence-electron chi connectivity index (χ2n) is 6.98. The predicted octanol–water partition coefficient (Wildman–Crippen LogP) is 2.66. The number of benzene rings is 2. The zero-order valence-electron chi connectivity index (χ0n) is 14.4. The minimum Gasteiger partial charge on any atom is -0.338 e. The highest BCUT2D eigenvalue weighted by Crippen LogP contribution is 2.24. The van der Waals surface area contributed by atoms with E-state index in [1.807, 2.05) is 29.2 Å². The molecule has 2 aromatic carbocycles. The Morgan fingerprint density at radius 3 is 2.48 bits per heavy atom. The first-order chi connectivity index (χ1) is 12.1. The topological polar surface area (TPSA) is 40.6 Å². The summed E-state index contributed by atoms with van der Waals surface area (Å²) < 4.78 is 0. The summed E-state index contributed by atoms with van der Waals surface area (Å²) in [6.07, 6.45) is 1.75. The van der Waals surface area contributed by atoms with Crippen molar-refractivity contribution in [3.63, 3.8) is 0 Å². The van der Waals surface area contributed by atoms with Crippen LogP contribution in [-0.4, -0.2) is 40.7 Å². The fraction of sp³-hybridized carbons (Fsp3) is 0.333. The van der Waals surface area contributed by atoms with Crippen LogP contribution < -0.4 is 0 Å². The van der Waals surface area contributed by atoms with Crippen LogP contribution in [0.5, 0.6) is 0 Å². The Balaban J connectivity index is 1.46. The number of rotatable bonds is 2. The molecule has 4 rings (SSSR count). The third-order valence-corrected chi connectivity index (χ3v) is 5.33. The van der Waals surface area contributed by atoms with Crippen LogP contribution >= 0.6 is 0 Å². The molecule has 25 heavy (non-hydrogen) atoms. The van der Waals surface area contributed by atoms with Crippen LogP contribution in [0.25, 0.3) is 0 Å². The second-order valence-corrected chi connectivity index (χ2v) is 6.98. The Bertz CT molecular complexity index is 830. The monoisotopic (exact) mass is 334 g/mol. The standard InChI is InChI=1S/C21H22N2O2/c1-15-12-17-7-3-2-6-16(17)10-11-23(15)20(24)14-22-13-18-8-4-5-9-19(18)21(22)25/h2-9,15H,10-14H2,1H3. The largest absolute Gasteiger partial charge is 0.338 e. The van der Waals surface area contributed by atoms with Gasteiger partial charge in [-0.15, -0.1) is 0 Å². The molecule has 0 saturated carbocycles. The Morgan fingerprint density at radius 1 is 1.04 bits per heavy atom. The van der Waals surface area contributed by atoms with E-state index in [1.165, 1.54) is 11.1 Å². The molecule has 4 nitrogen and oxygen atoms in total. The third-order valence-electron chi connectivity index (χ3n) is 5.33. The molecule has 128 valence electrons. The van der Waals surface area contributed by atoms with Gasteiger partial charge in [0.15, 0.2) is 0 Å². The lowest BCUT2D eigenvalue weighted by Crippen LogP contribution is -2.45. The molecular formula is C21H22N2O2. The summed E-state index contributed by atoms with van der Waals surface area (Å²) in [5.41, 5.74) is 4.40. The molecule has 2 amide bonds. The van der Waals surface area contributed by atoms with Gasteiger partial charge in [-0.3, -0.25) is 9.59 Å². The Labute approximate surface area is 148 Å². The van der Waals surface area contributed by atoms with E-state index in [0.717, 1.165) is 24.0 Å². The molecule has 0 bridgehead atoms. The molecule has 0 fully saturated rings. The van der Waals surface area contributed by atoms with Crippen molar-refractivity contribution in [2.45, 2.75) is 32.4 Å². The van der Waals surface area contributed by atoms with Crippen molar-refractivity contribution in [1.82, 2.24) is 9.80 Å². The van der Waals surface area contributed by atoms with Crippen molar-refractivity contribution < 1.29 is 9.59 Å². The van der Waals surface area contributed by atoms with Crippen LogP contribution in [-0.2, 0) is 24.2 Å². The maximum atomic E-state index is 12.9. The van der Waals surface area contributed by atoms with Gasteiger partial charge < -0.3 is 9.80 Å². The highest BCUT2D eigenvalue weighted by Gasteiger charge is 2.31. The van der Waals surface area contributed by atoms with Gasteiger partial charge in [-0.2, -0.15) is 0 Å². The van der Waals surface area contributed by atoms with E-state index in [4.69, 9.17) is 0 Å². The number of carbonyl (C=O) groups is 2. The van der Waals surface area contributed by atoms with Crippen molar-refractivity contribution in [2.24, 2.45) is 0 Å². The minimum absolute atomic E-state index is 0.0327. The average molecular weight is 334 g/mol. The Morgan fingerprint density at radius 2 is 1.72 bits per heavy atom. The number of amides is 2. The van der Waals surface area contributed by atoms with Crippen molar-refractivity contribution >= 4 is 11.8 Å². The maximum absolute atomic E-state index is 12.9. The normalized spacial score (nSPS) is 19.4. The second kappa shape index (κ2) is 6.36. The van der Waals surface area contributed by atoms with Gasteiger partial charge in [0.25, 0.3) is 5.91 Å². The van der Waals surface area contributed by atoms with Crippen molar-refractivity contribution in [3.05, 3.63) is 70.8 Å². The van der Waals surface area contributed by atoms with Crippen LogP contribution in [0.3, 0.4) is 0 Å². The number of fused-ring (bicyclic) bond motifs is 2. The van der Waals surface area contributed by atoms with E-state index in [1.54, 1.807) is 4.90 Å². The maximum Gasteiger partial charge on any atom is 0.254 e. The van der Waals surface area contributed by atoms with Crippen LogP contribution in [0.15, 0.2) is 48.5 Å². The van der Waals surface area contributed by atoms with E-state index in [0.29, 0.717) is 13.1 Å². The zero-order valence-corrected chi connectivity index (χ0v) is 14.4. The van der Waals surface area contributed by atoms with Gasteiger partial charge in [-0.1, -0.05) is 42.5 Å². The summed E-state index contributed by atoms with van der Waals surface area (Å²) >= 11 is 0. The smallest absolute Gasteiger partial charge is 0.254 e. The highest BCUT2D eigenvalue weighted by molar-refractivity contribution is 6.00. The van der Waals surface area contributed by atoms with E-state index in [2.05, 4.69) is 31.2 Å².